The van der Waals surface area contributed by atoms with Crippen LogP contribution in [0, 0.1) is 0 Å². The van der Waals surface area contributed by atoms with Crippen molar-refractivity contribution in [1.82, 2.24) is 0 Å². The van der Waals surface area contributed by atoms with Crippen LogP contribution in [0.5, 0.6) is 5.75 Å². The fraction of sp³-hybridized carbons (Fsp3) is 0.500. The number of alkyl halides is 6. The van der Waals surface area contributed by atoms with Crippen LogP contribution in [0.2, 0.25) is 0 Å². The van der Waals surface area contributed by atoms with E-state index >= 15 is 0 Å². The Morgan fingerprint density at radius 3 is 2.14 bits per heavy atom. The van der Waals surface area contributed by atoms with Gasteiger partial charge in [0.15, 0.2) is 0 Å². The maximum absolute atomic E-state index is 12.5. The summed E-state index contributed by atoms with van der Waals surface area (Å²) >= 11 is 0. The molecule has 0 radical (unpaired) electrons. The first-order valence-corrected chi connectivity index (χ1v) is 5.62. The Labute approximate surface area is 123 Å². The van der Waals surface area contributed by atoms with Crippen molar-refractivity contribution in [1.29, 1.82) is 0 Å². The zero-order valence-corrected chi connectivity index (χ0v) is 11.7. The second-order valence-electron chi connectivity index (χ2n) is 4.21. The molecule has 1 atom stereocenters. The van der Waals surface area contributed by atoms with E-state index in [2.05, 4.69) is 0 Å². The highest BCUT2D eigenvalue weighted by molar-refractivity contribution is 5.85. The first-order chi connectivity index (χ1) is 9.04. The van der Waals surface area contributed by atoms with E-state index in [0.29, 0.717) is 0 Å². The minimum atomic E-state index is -4.55. The third-order valence-corrected chi connectivity index (χ3v) is 2.70. The van der Waals surface area contributed by atoms with Gasteiger partial charge in [-0.1, -0.05) is 6.07 Å². The first-order valence-electron chi connectivity index (χ1n) is 5.62. The molecular weight excluding hydrogens is 324 g/mol. The average molecular weight is 338 g/mol. The van der Waals surface area contributed by atoms with E-state index in [0.717, 1.165) is 25.3 Å². The lowest BCUT2D eigenvalue weighted by atomic mass is 10.00. The van der Waals surface area contributed by atoms with Crippen molar-refractivity contribution in [3.05, 3.63) is 29.3 Å². The molecule has 1 aromatic rings. The zero-order valence-electron chi connectivity index (χ0n) is 10.9. The Morgan fingerprint density at radius 1 is 1.14 bits per heavy atom. The molecular formula is C12H14ClF6NO. The van der Waals surface area contributed by atoms with Crippen molar-refractivity contribution in [3.8, 4) is 5.75 Å². The molecule has 0 unspecified atom stereocenters. The molecule has 0 saturated heterocycles. The molecule has 0 aromatic heterocycles. The molecule has 122 valence electrons. The van der Waals surface area contributed by atoms with Gasteiger partial charge >= 0.3 is 12.4 Å². The van der Waals surface area contributed by atoms with E-state index < -0.39 is 36.8 Å². The van der Waals surface area contributed by atoms with Gasteiger partial charge in [-0.3, -0.25) is 0 Å². The van der Waals surface area contributed by atoms with E-state index in [1.807, 2.05) is 0 Å². The molecule has 2 nitrogen and oxygen atoms in total. The third-order valence-electron chi connectivity index (χ3n) is 2.70. The van der Waals surface area contributed by atoms with Crippen LogP contribution in [0.25, 0.3) is 0 Å². The molecule has 21 heavy (non-hydrogen) atoms. The second kappa shape index (κ2) is 7.22. The summed E-state index contributed by atoms with van der Waals surface area (Å²) in [5.74, 6) is -0.172. The molecule has 0 fully saturated rings. The van der Waals surface area contributed by atoms with Crippen LogP contribution in [-0.4, -0.2) is 13.3 Å². The van der Waals surface area contributed by atoms with E-state index in [1.165, 1.54) is 0 Å². The maximum Gasteiger partial charge on any atom is 0.416 e. The Kier molecular flexibility index (Phi) is 6.82. The lowest BCUT2D eigenvalue weighted by Crippen LogP contribution is -2.17. The summed E-state index contributed by atoms with van der Waals surface area (Å²) in [5, 5.41) is 0. The Bertz CT molecular complexity index is 460. The van der Waals surface area contributed by atoms with Crippen LogP contribution in [0.3, 0.4) is 0 Å². The molecule has 0 saturated carbocycles. The summed E-state index contributed by atoms with van der Waals surface area (Å²) in [5.41, 5.74) is 4.75. The van der Waals surface area contributed by atoms with Crippen molar-refractivity contribution in [2.24, 2.45) is 5.73 Å². The number of benzene rings is 1. The molecule has 1 aromatic carbocycles. The normalized spacial score (nSPS) is 13.5. The zero-order chi connectivity index (χ0) is 15.6. The predicted octanol–water partition coefficient (Wildman–Crippen LogP) is 4.48. The topological polar surface area (TPSA) is 35.2 Å². The molecule has 0 aliphatic heterocycles. The smallest absolute Gasteiger partial charge is 0.416 e. The molecule has 9 heteroatoms. The molecule has 0 bridgehead atoms. The van der Waals surface area contributed by atoms with Crippen LogP contribution >= 0.6 is 12.4 Å². The second-order valence-corrected chi connectivity index (χ2v) is 4.21. The average Bonchev–Trinajstić information content (AvgIpc) is 2.33. The number of hydrogen-bond donors (Lipinski definition) is 1. The van der Waals surface area contributed by atoms with Crippen LogP contribution in [-0.2, 0) is 6.18 Å². The fourth-order valence-electron chi connectivity index (χ4n) is 1.67. The van der Waals surface area contributed by atoms with E-state index in [4.69, 9.17) is 10.5 Å². The number of rotatable bonds is 4. The predicted molar refractivity (Wildman–Crippen MR) is 67.5 cm³/mol. The summed E-state index contributed by atoms with van der Waals surface area (Å²) in [6.07, 6.45) is -10.5. The van der Waals surface area contributed by atoms with Gasteiger partial charge in [0.1, 0.15) is 5.75 Å². The quantitative estimate of drug-likeness (QED) is 0.822. The largest absolute Gasteiger partial charge is 0.496 e. The molecule has 0 aliphatic carbocycles. The van der Waals surface area contributed by atoms with E-state index in [1.54, 1.807) is 0 Å². The SMILES string of the molecule is COc1cc(C(F)(F)F)ccc1[C@@H](N)CCC(F)(F)F.Cl. The Balaban J connectivity index is 0.00000400. The minimum absolute atomic E-state index is 0. The Morgan fingerprint density at radius 2 is 1.71 bits per heavy atom. The van der Waals surface area contributed by atoms with Gasteiger partial charge in [0.2, 0.25) is 0 Å². The Hall–Kier alpha value is -1.15. The monoisotopic (exact) mass is 337 g/mol. The molecule has 0 amide bonds. The number of hydrogen-bond acceptors (Lipinski definition) is 2. The van der Waals surface area contributed by atoms with Gasteiger partial charge in [0.05, 0.1) is 12.7 Å². The van der Waals surface area contributed by atoms with E-state index in [-0.39, 0.29) is 23.7 Å². The number of halogens is 7. The molecule has 1 rings (SSSR count). The number of ether oxygens (including phenoxy) is 1. The van der Waals surface area contributed by atoms with Gasteiger partial charge in [0.25, 0.3) is 0 Å². The molecule has 2 N–H and O–H groups in total. The third kappa shape index (κ3) is 6.01. The molecule has 0 spiro atoms. The van der Waals surface area contributed by atoms with Crippen LogP contribution < -0.4 is 10.5 Å². The number of methoxy groups -OCH3 is 1. The van der Waals surface area contributed by atoms with Crippen LogP contribution in [0.4, 0.5) is 26.3 Å². The summed E-state index contributed by atoms with van der Waals surface area (Å²) in [4.78, 5) is 0. The van der Waals surface area contributed by atoms with Crippen molar-refractivity contribution < 1.29 is 31.1 Å². The first kappa shape index (κ1) is 19.8. The van der Waals surface area contributed by atoms with E-state index in [9.17, 15) is 26.3 Å². The van der Waals surface area contributed by atoms with Crippen molar-refractivity contribution >= 4 is 12.4 Å². The van der Waals surface area contributed by atoms with Gasteiger partial charge in [-0.05, 0) is 18.6 Å². The van der Waals surface area contributed by atoms with Crippen molar-refractivity contribution in [3.63, 3.8) is 0 Å². The highest BCUT2D eigenvalue weighted by atomic mass is 35.5. The highest BCUT2D eigenvalue weighted by Crippen LogP contribution is 2.36. The lowest BCUT2D eigenvalue weighted by Gasteiger charge is -2.18. The van der Waals surface area contributed by atoms with Gasteiger partial charge in [-0.2, -0.15) is 26.3 Å². The highest BCUT2D eigenvalue weighted by Gasteiger charge is 2.32. The fourth-order valence-corrected chi connectivity index (χ4v) is 1.67. The molecule has 0 aliphatic rings. The van der Waals surface area contributed by atoms with Crippen molar-refractivity contribution in [2.45, 2.75) is 31.2 Å². The molecule has 0 heterocycles. The summed E-state index contributed by atoms with van der Waals surface area (Å²) in [6, 6.07) is 1.49. The van der Waals surface area contributed by atoms with Gasteiger partial charge in [0, 0.05) is 18.0 Å². The summed E-state index contributed by atoms with van der Waals surface area (Å²) in [7, 11) is 1.13. The standard InChI is InChI=1S/C12H13F6NO.ClH/c1-20-10-6-7(12(16,17)18)2-3-8(10)9(19)4-5-11(13,14)15;/h2-3,6,9H,4-5,19H2,1H3;1H/t9-;/m0./s1. The number of nitrogens with two attached hydrogens (primary N) is 1. The minimum Gasteiger partial charge on any atom is -0.496 e. The van der Waals surface area contributed by atoms with Crippen LogP contribution in [0.15, 0.2) is 18.2 Å². The summed E-state index contributed by atoms with van der Waals surface area (Å²) < 4.78 is 78.6. The van der Waals surface area contributed by atoms with Crippen molar-refractivity contribution in [2.75, 3.05) is 7.11 Å². The maximum atomic E-state index is 12.5. The lowest BCUT2D eigenvalue weighted by molar-refractivity contribution is -0.137. The van der Waals surface area contributed by atoms with Crippen LogP contribution in [0.1, 0.15) is 30.0 Å². The van der Waals surface area contributed by atoms with Gasteiger partial charge in [-0.15, -0.1) is 12.4 Å². The van der Waals surface area contributed by atoms with Gasteiger partial charge < -0.3 is 10.5 Å². The summed E-state index contributed by atoms with van der Waals surface area (Å²) in [6.45, 7) is 0. The van der Waals surface area contributed by atoms with Gasteiger partial charge in [-0.25, -0.2) is 0 Å².